The Kier molecular flexibility index (Phi) is 8.50. The molecule has 1 aromatic heterocycles. The number of nitrogens with one attached hydrogen (secondary N) is 1. The van der Waals surface area contributed by atoms with Crippen LogP contribution in [0.15, 0.2) is 12.5 Å². The Hall–Kier alpha value is -0.870. The maximum atomic E-state index is 5.00. The van der Waals surface area contributed by atoms with Crippen molar-refractivity contribution in [2.24, 2.45) is 5.92 Å². The average molecular weight is 267 g/mol. The van der Waals surface area contributed by atoms with Gasteiger partial charge in [0.15, 0.2) is 0 Å². The van der Waals surface area contributed by atoms with Crippen LogP contribution in [0.4, 0.5) is 0 Å². The number of nitrogens with zero attached hydrogens (tertiary/aromatic N) is 2. The first-order valence-corrected chi connectivity index (χ1v) is 7.50. The average Bonchev–Trinajstić information content (AvgIpc) is 2.87. The summed E-state index contributed by atoms with van der Waals surface area (Å²) >= 11 is 0. The van der Waals surface area contributed by atoms with Crippen LogP contribution in [0, 0.1) is 5.92 Å². The summed E-state index contributed by atoms with van der Waals surface area (Å²) in [5.74, 6) is 0.781. The third kappa shape index (κ3) is 6.73. The fourth-order valence-corrected chi connectivity index (χ4v) is 2.20. The molecule has 0 aliphatic heterocycles. The van der Waals surface area contributed by atoms with Crippen LogP contribution in [0.5, 0.6) is 0 Å². The van der Waals surface area contributed by atoms with Gasteiger partial charge in [0.1, 0.15) is 0 Å². The summed E-state index contributed by atoms with van der Waals surface area (Å²) in [5.41, 5.74) is 1.11. The Labute approximate surface area is 117 Å². The highest BCUT2D eigenvalue weighted by Gasteiger charge is 2.07. The second-order valence-corrected chi connectivity index (χ2v) is 5.15. The summed E-state index contributed by atoms with van der Waals surface area (Å²) in [5, 5.41) is 3.32. The SMILES string of the molecule is CCCCC(CC)Cn1cnc(CNCCOC)c1. The molecular weight excluding hydrogens is 238 g/mol. The van der Waals surface area contributed by atoms with E-state index in [0.717, 1.165) is 37.9 Å². The highest BCUT2D eigenvalue weighted by Crippen LogP contribution is 2.15. The van der Waals surface area contributed by atoms with E-state index in [0.29, 0.717) is 0 Å². The molecular formula is C15H29N3O. The molecule has 4 nitrogen and oxygen atoms in total. The molecule has 0 aliphatic rings. The predicted molar refractivity (Wildman–Crippen MR) is 79.1 cm³/mol. The first kappa shape index (κ1) is 16.2. The first-order valence-electron chi connectivity index (χ1n) is 7.50. The molecule has 19 heavy (non-hydrogen) atoms. The minimum atomic E-state index is 0.746. The largest absolute Gasteiger partial charge is 0.383 e. The molecule has 1 aromatic rings. The highest BCUT2D eigenvalue weighted by molar-refractivity contribution is 4.96. The Morgan fingerprint density at radius 2 is 2.26 bits per heavy atom. The van der Waals surface area contributed by atoms with Gasteiger partial charge in [-0.2, -0.15) is 0 Å². The molecule has 110 valence electrons. The number of aromatic nitrogens is 2. The van der Waals surface area contributed by atoms with Gasteiger partial charge >= 0.3 is 0 Å². The lowest BCUT2D eigenvalue weighted by Gasteiger charge is -2.14. The first-order chi connectivity index (χ1) is 9.30. The zero-order valence-electron chi connectivity index (χ0n) is 12.7. The number of imidazole rings is 1. The van der Waals surface area contributed by atoms with Gasteiger partial charge in [0.2, 0.25) is 0 Å². The summed E-state index contributed by atoms with van der Waals surface area (Å²) in [6.07, 6.45) is 9.32. The number of ether oxygens (including phenoxy) is 1. The van der Waals surface area contributed by atoms with E-state index in [1.54, 1.807) is 7.11 Å². The van der Waals surface area contributed by atoms with E-state index in [-0.39, 0.29) is 0 Å². The van der Waals surface area contributed by atoms with Crippen LogP contribution in [0.1, 0.15) is 45.2 Å². The summed E-state index contributed by atoms with van der Waals surface area (Å²) in [6, 6.07) is 0. The molecule has 0 spiro atoms. The fourth-order valence-electron chi connectivity index (χ4n) is 2.20. The molecule has 1 unspecified atom stereocenters. The lowest BCUT2D eigenvalue weighted by molar-refractivity contribution is 0.199. The third-order valence-corrected chi connectivity index (χ3v) is 3.49. The summed E-state index contributed by atoms with van der Waals surface area (Å²) < 4.78 is 7.23. The van der Waals surface area contributed by atoms with Crippen molar-refractivity contribution in [1.82, 2.24) is 14.9 Å². The minimum absolute atomic E-state index is 0.746. The molecule has 1 atom stereocenters. The van der Waals surface area contributed by atoms with Gasteiger partial charge in [-0.25, -0.2) is 4.98 Å². The number of unbranched alkanes of at least 4 members (excludes halogenated alkanes) is 1. The second-order valence-electron chi connectivity index (χ2n) is 5.15. The lowest BCUT2D eigenvalue weighted by atomic mass is 9.99. The van der Waals surface area contributed by atoms with Crippen LogP contribution < -0.4 is 5.32 Å². The van der Waals surface area contributed by atoms with Crippen molar-refractivity contribution < 1.29 is 4.74 Å². The quantitative estimate of drug-likeness (QED) is 0.627. The molecule has 0 aliphatic carbocycles. The standard InChI is InChI=1S/C15H29N3O/c1-4-6-7-14(5-2)11-18-12-15(17-13-18)10-16-8-9-19-3/h12-14,16H,4-11H2,1-3H3. The van der Waals surface area contributed by atoms with E-state index in [1.165, 1.54) is 25.7 Å². The van der Waals surface area contributed by atoms with E-state index in [2.05, 4.69) is 34.9 Å². The topological polar surface area (TPSA) is 39.1 Å². The number of rotatable bonds is 11. The summed E-state index contributed by atoms with van der Waals surface area (Å²) in [4.78, 5) is 4.44. The van der Waals surface area contributed by atoms with Gasteiger partial charge in [-0.3, -0.25) is 0 Å². The van der Waals surface area contributed by atoms with Crippen LogP contribution in [0.3, 0.4) is 0 Å². The van der Waals surface area contributed by atoms with Gasteiger partial charge in [0, 0.05) is 32.9 Å². The Bertz CT molecular complexity index is 325. The van der Waals surface area contributed by atoms with Crippen molar-refractivity contribution in [2.75, 3.05) is 20.3 Å². The van der Waals surface area contributed by atoms with Crippen molar-refractivity contribution >= 4 is 0 Å². The molecule has 0 fully saturated rings. The molecule has 0 saturated carbocycles. The summed E-state index contributed by atoms with van der Waals surface area (Å²) in [6.45, 7) is 8.08. The van der Waals surface area contributed by atoms with Crippen LogP contribution in [-0.4, -0.2) is 29.8 Å². The van der Waals surface area contributed by atoms with Crippen molar-refractivity contribution in [3.63, 3.8) is 0 Å². The third-order valence-electron chi connectivity index (χ3n) is 3.49. The molecule has 1 N–H and O–H groups in total. The monoisotopic (exact) mass is 267 g/mol. The van der Waals surface area contributed by atoms with Gasteiger partial charge in [-0.05, 0) is 12.3 Å². The van der Waals surface area contributed by atoms with Gasteiger partial charge < -0.3 is 14.6 Å². The Balaban J connectivity index is 2.32. The number of hydrogen-bond acceptors (Lipinski definition) is 3. The van der Waals surface area contributed by atoms with E-state index >= 15 is 0 Å². The van der Waals surface area contributed by atoms with E-state index < -0.39 is 0 Å². The van der Waals surface area contributed by atoms with Crippen LogP contribution >= 0.6 is 0 Å². The van der Waals surface area contributed by atoms with Gasteiger partial charge in [0.05, 0.1) is 18.6 Å². The summed E-state index contributed by atoms with van der Waals surface area (Å²) in [7, 11) is 1.72. The fraction of sp³-hybridized carbons (Fsp3) is 0.800. The normalized spacial score (nSPS) is 12.8. The van der Waals surface area contributed by atoms with E-state index in [9.17, 15) is 0 Å². The molecule has 0 saturated heterocycles. The van der Waals surface area contributed by atoms with Crippen molar-refractivity contribution in [3.8, 4) is 0 Å². The van der Waals surface area contributed by atoms with Crippen molar-refractivity contribution in [2.45, 2.75) is 52.6 Å². The molecule has 0 aromatic carbocycles. The maximum absolute atomic E-state index is 5.00. The Morgan fingerprint density at radius 3 is 2.95 bits per heavy atom. The zero-order chi connectivity index (χ0) is 13.9. The lowest BCUT2D eigenvalue weighted by Crippen LogP contribution is -2.18. The maximum Gasteiger partial charge on any atom is 0.0950 e. The second kappa shape index (κ2) is 9.98. The molecule has 0 bridgehead atoms. The molecule has 4 heteroatoms. The molecule has 1 rings (SSSR count). The van der Waals surface area contributed by atoms with Crippen LogP contribution in [0.2, 0.25) is 0 Å². The van der Waals surface area contributed by atoms with E-state index in [1.807, 2.05) is 6.33 Å². The highest BCUT2D eigenvalue weighted by atomic mass is 16.5. The minimum Gasteiger partial charge on any atom is -0.383 e. The predicted octanol–water partition coefficient (Wildman–Crippen LogP) is 2.84. The Morgan fingerprint density at radius 1 is 1.42 bits per heavy atom. The van der Waals surface area contributed by atoms with E-state index in [4.69, 9.17) is 4.74 Å². The number of methoxy groups -OCH3 is 1. The van der Waals surface area contributed by atoms with Crippen molar-refractivity contribution in [3.05, 3.63) is 18.2 Å². The van der Waals surface area contributed by atoms with Gasteiger partial charge in [-0.1, -0.05) is 33.1 Å². The van der Waals surface area contributed by atoms with Crippen LogP contribution in [-0.2, 0) is 17.8 Å². The van der Waals surface area contributed by atoms with Crippen molar-refractivity contribution in [1.29, 1.82) is 0 Å². The van der Waals surface area contributed by atoms with Crippen LogP contribution in [0.25, 0.3) is 0 Å². The molecule has 0 amide bonds. The molecule has 0 radical (unpaired) electrons. The smallest absolute Gasteiger partial charge is 0.0950 e. The van der Waals surface area contributed by atoms with Gasteiger partial charge in [0.25, 0.3) is 0 Å². The number of hydrogen-bond donors (Lipinski definition) is 1. The molecule has 1 heterocycles. The zero-order valence-corrected chi connectivity index (χ0v) is 12.7. The van der Waals surface area contributed by atoms with Gasteiger partial charge in [-0.15, -0.1) is 0 Å².